The molecule has 0 unspecified atom stereocenters. The monoisotopic (exact) mass is 1150 g/mol. The smallest absolute Gasteiger partial charge is 0.114 e. The largest absolute Gasteiger partial charge is 0.172 e. The molecule has 0 saturated carbocycles. The molecule has 0 radical (unpaired) electrons. The van der Waals surface area contributed by atoms with Gasteiger partial charge in [-0.3, -0.25) is 0 Å². The normalized spacial score (nSPS) is 12.2. The highest BCUT2D eigenvalue weighted by Gasteiger charge is 2.21. The van der Waals surface area contributed by atoms with Gasteiger partial charge in [0.25, 0.3) is 0 Å². The highest BCUT2D eigenvalue weighted by Crippen LogP contribution is 2.47. The third-order valence-corrected chi connectivity index (χ3v) is 21.8. The van der Waals surface area contributed by atoms with Crippen LogP contribution in [0.2, 0.25) is 0 Å². The number of aryl methyl sites for hydroxylation is 2. The van der Waals surface area contributed by atoms with Gasteiger partial charge in [0, 0.05) is 59.9 Å². The van der Waals surface area contributed by atoms with Crippen molar-refractivity contribution in [1.29, 1.82) is 0 Å². The number of fused-ring (bicyclic) bond motifs is 3. The summed E-state index contributed by atoms with van der Waals surface area (Å²) >= 11 is 12.5. The number of hydrogen-bond donors (Lipinski definition) is 0. The van der Waals surface area contributed by atoms with E-state index >= 15 is 0 Å². The molecular weight excluding hydrogens is 1090 g/mol. The highest BCUT2D eigenvalue weighted by molar-refractivity contribution is 7.25. The zero-order chi connectivity index (χ0) is 53.3. The van der Waals surface area contributed by atoms with Gasteiger partial charge in [0.05, 0.1) is 11.7 Å². The van der Waals surface area contributed by atoms with E-state index in [0.717, 1.165) is 29.4 Å². The average Bonchev–Trinajstić information content (AvgIpc) is 4.48. The first-order valence-corrected chi connectivity index (χ1v) is 33.4. The Labute approximate surface area is 493 Å². The molecule has 5 aromatic carbocycles. The summed E-state index contributed by atoms with van der Waals surface area (Å²) in [6.45, 7) is 4.59. The van der Waals surface area contributed by atoms with Crippen LogP contribution in [0.5, 0.6) is 0 Å². The minimum absolute atomic E-state index is 0.990. The van der Waals surface area contributed by atoms with E-state index in [0.29, 0.717) is 0 Å². The highest BCUT2D eigenvalue weighted by atomic mass is 32.1. The lowest BCUT2D eigenvalue weighted by Gasteiger charge is -2.07. The van der Waals surface area contributed by atoms with Crippen molar-refractivity contribution in [3.63, 3.8) is 0 Å². The second kappa shape index (κ2) is 25.4. The molecule has 0 aliphatic rings. The third-order valence-electron chi connectivity index (χ3n) is 14.7. The van der Waals surface area contributed by atoms with Gasteiger partial charge in [-0.25, -0.2) is 0 Å². The van der Waals surface area contributed by atoms with Crippen molar-refractivity contribution in [1.82, 2.24) is 8.75 Å². The molecule has 0 aliphatic carbocycles. The lowest BCUT2D eigenvalue weighted by atomic mass is 9.98. The van der Waals surface area contributed by atoms with E-state index in [9.17, 15) is 0 Å². The Kier molecular flexibility index (Phi) is 17.1. The Morgan fingerprint density at radius 1 is 0.367 bits per heavy atom. The van der Waals surface area contributed by atoms with Crippen molar-refractivity contribution in [3.8, 4) is 40.4 Å². The molecule has 0 saturated heterocycles. The first-order valence-electron chi connectivity index (χ1n) is 27.6. The molecule has 2 nitrogen and oxygen atoms in total. The van der Waals surface area contributed by atoms with Gasteiger partial charge in [-0.05, 0) is 164 Å². The fourth-order valence-corrected chi connectivity index (χ4v) is 16.8. The molecule has 7 heterocycles. The predicted octanol–water partition coefficient (Wildman–Crippen LogP) is 24.0. The molecule has 9 heteroatoms. The predicted molar refractivity (Wildman–Crippen MR) is 359 cm³/mol. The lowest BCUT2D eigenvalue weighted by Crippen LogP contribution is -1.86. The number of hydrogen-bond acceptors (Lipinski definition) is 9. The fourth-order valence-electron chi connectivity index (χ4n) is 10.5. The Bertz CT molecular complexity index is 4120. The minimum atomic E-state index is 0.990. The topological polar surface area (TPSA) is 25.8 Å². The third kappa shape index (κ3) is 12.2. The van der Waals surface area contributed by atoms with Gasteiger partial charge in [-0.2, -0.15) is 8.75 Å². The van der Waals surface area contributed by atoms with Gasteiger partial charge >= 0.3 is 0 Å². The van der Waals surface area contributed by atoms with Gasteiger partial charge in [-0.1, -0.05) is 174 Å². The van der Waals surface area contributed by atoms with E-state index in [-0.39, 0.29) is 0 Å². The Morgan fingerprint density at radius 2 is 0.873 bits per heavy atom. The molecule has 0 atom stereocenters. The molecule has 0 amide bonds. The Hall–Kier alpha value is -6.40. The van der Waals surface area contributed by atoms with Crippen molar-refractivity contribution < 1.29 is 0 Å². The number of aromatic nitrogens is 2. The van der Waals surface area contributed by atoms with Crippen LogP contribution in [0.4, 0.5) is 0 Å². The zero-order valence-corrected chi connectivity index (χ0v) is 50.2. The second-order valence-corrected chi connectivity index (χ2v) is 26.8. The van der Waals surface area contributed by atoms with E-state index in [4.69, 9.17) is 8.75 Å². The Morgan fingerprint density at radius 3 is 1.43 bits per heavy atom. The van der Waals surface area contributed by atoms with Crippen LogP contribution >= 0.6 is 79.7 Å². The van der Waals surface area contributed by atoms with Crippen molar-refractivity contribution >= 4 is 161 Å². The summed E-state index contributed by atoms with van der Waals surface area (Å²) in [5.74, 6) is 0. The lowest BCUT2D eigenvalue weighted by molar-refractivity contribution is 0.667. The molecule has 0 spiro atoms. The maximum atomic E-state index is 5.02. The van der Waals surface area contributed by atoms with Crippen LogP contribution in [0.15, 0.2) is 156 Å². The molecule has 12 aromatic rings. The van der Waals surface area contributed by atoms with E-state index in [2.05, 4.69) is 219 Å². The van der Waals surface area contributed by atoms with E-state index in [1.807, 2.05) is 45.3 Å². The maximum Gasteiger partial charge on any atom is 0.114 e. The molecule has 392 valence electrons. The standard InChI is InChI=1S/C70H60N2S7/c1-3-5-7-9-17-51-45-67(76-62(51)39-32-50-28-27-48(30-34-54-20-16-44-74-54)57-22-13-14-24-59(50)57)64-42-41-63(77-64)60-37-38-61(69-68(60)71-79-72-69)66-46-52(18-10-8-6-4-2)70(78-66)65-40-36-55(75-65)35-31-49-26-25-47(29-33-53-19-15-43-73-53)56-21-11-12-23-58(49)56/h11-16,19-46H,3-10,17-18H2,1-2H3/b33-29+,34-30+,35-31+,39-32+. The van der Waals surface area contributed by atoms with Crippen LogP contribution < -0.4 is 0 Å². The molecule has 0 aliphatic heterocycles. The molecular formula is C70H60N2S7. The van der Waals surface area contributed by atoms with Crippen molar-refractivity contribution in [2.45, 2.75) is 78.1 Å². The van der Waals surface area contributed by atoms with E-state index < -0.39 is 0 Å². The van der Waals surface area contributed by atoms with E-state index in [1.165, 1.54) is 172 Å². The molecule has 79 heavy (non-hydrogen) atoms. The Balaban J connectivity index is 0.811. The number of benzene rings is 5. The summed E-state index contributed by atoms with van der Waals surface area (Å²) in [5.41, 5.74) is 12.2. The van der Waals surface area contributed by atoms with Crippen molar-refractivity contribution in [2.24, 2.45) is 0 Å². The summed E-state index contributed by atoms with van der Waals surface area (Å²) in [5, 5.41) is 9.35. The molecule has 12 rings (SSSR count). The number of nitrogens with zero attached hydrogens (tertiary/aromatic N) is 2. The van der Waals surface area contributed by atoms with Crippen LogP contribution in [0, 0.1) is 0 Å². The first kappa shape index (κ1) is 53.3. The van der Waals surface area contributed by atoms with Crippen molar-refractivity contribution in [2.75, 3.05) is 0 Å². The van der Waals surface area contributed by atoms with Crippen LogP contribution in [-0.2, 0) is 12.8 Å². The molecule has 7 aromatic heterocycles. The van der Waals surface area contributed by atoms with Crippen LogP contribution in [0.3, 0.4) is 0 Å². The summed E-state index contributed by atoms with van der Waals surface area (Å²) in [6.07, 6.45) is 30.3. The zero-order valence-electron chi connectivity index (χ0n) is 44.5. The summed E-state index contributed by atoms with van der Waals surface area (Å²) in [4.78, 5) is 13.0. The van der Waals surface area contributed by atoms with Gasteiger partial charge in [-0.15, -0.1) is 68.0 Å². The summed E-state index contributed by atoms with van der Waals surface area (Å²) in [7, 11) is 0. The van der Waals surface area contributed by atoms with Crippen LogP contribution in [-0.4, -0.2) is 8.75 Å². The van der Waals surface area contributed by atoms with Crippen LogP contribution in [0.1, 0.15) is 118 Å². The SMILES string of the molecule is CCCCCCc1cc(-c2ccc(-c3ccc(-c4cc(CCCCCC)c(-c5ccc(/C=C/c6ccc(/C=C/c7cccs7)c7ccccc67)s5)s4)c4nsnc34)s2)sc1/C=C/c1ccc(/C=C/c2cccs2)c2ccccc12. The molecule has 0 N–H and O–H groups in total. The van der Waals surface area contributed by atoms with E-state index in [1.54, 1.807) is 22.7 Å². The summed E-state index contributed by atoms with van der Waals surface area (Å²) in [6, 6.07) is 54.0. The van der Waals surface area contributed by atoms with Gasteiger partial charge in [0.15, 0.2) is 0 Å². The quantitative estimate of drug-likeness (QED) is 0.0632. The molecule has 0 fully saturated rings. The second-order valence-electron chi connectivity index (χ2n) is 20.0. The first-order chi connectivity index (χ1) is 39.1. The van der Waals surface area contributed by atoms with Gasteiger partial charge in [0.1, 0.15) is 11.0 Å². The maximum absolute atomic E-state index is 5.02. The van der Waals surface area contributed by atoms with Crippen molar-refractivity contribution in [3.05, 3.63) is 209 Å². The fraction of sp³-hybridized carbons (Fsp3) is 0.171. The molecule has 0 bridgehead atoms. The van der Waals surface area contributed by atoms with Crippen LogP contribution in [0.25, 0.3) is 122 Å². The average molecular weight is 1150 g/mol. The number of thiophene rings is 6. The number of unbranched alkanes of at least 4 members (excludes halogenated alkanes) is 6. The minimum Gasteiger partial charge on any atom is -0.172 e. The summed E-state index contributed by atoms with van der Waals surface area (Å²) < 4.78 is 10.0. The van der Waals surface area contributed by atoms with Gasteiger partial charge < -0.3 is 0 Å². The number of rotatable bonds is 22. The van der Waals surface area contributed by atoms with Gasteiger partial charge in [0.2, 0.25) is 0 Å².